The molecule has 2 aliphatic rings. The number of fused-ring (bicyclic) bond motifs is 3. The highest BCUT2D eigenvalue weighted by molar-refractivity contribution is 6.31. The van der Waals surface area contributed by atoms with E-state index in [1.54, 1.807) is 16.7 Å². The van der Waals surface area contributed by atoms with Crippen LogP contribution in [-0.4, -0.2) is 21.6 Å². The van der Waals surface area contributed by atoms with Gasteiger partial charge in [-0.2, -0.15) is 23.4 Å². The summed E-state index contributed by atoms with van der Waals surface area (Å²) < 4.78 is 52.5. The molecule has 0 bridgehead atoms. The number of piperidine rings is 1. The quantitative estimate of drug-likeness (QED) is 0.407. The smallest absolute Gasteiger partial charge is 0.417 e. The first-order valence-corrected chi connectivity index (χ1v) is 12.1. The molecule has 0 aliphatic carbocycles. The maximum atomic E-state index is 13.2. The van der Waals surface area contributed by atoms with Crippen LogP contribution in [0.25, 0.3) is 0 Å². The van der Waals surface area contributed by atoms with Crippen LogP contribution in [0, 0.1) is 11.3 Å². The molecule has 0 saturated carbocycles. The summed E-state index contributed by atoms with van der Waals surface area (Å²) in [6.45, 7) is 3.64. The molecular weight excluding hydrogens is 509 g/mol. The molecule has 1 saturated heterocycles. The van der Waals surface area contributed by atoms with Crippen molar-refractivity contribution in [2.75, 3.05) is 11.4 Å². The molecule has 11 heteroatoms. The number of hydrogen-bond donors (Lipinski definition) is 0. The van der Waals surface area contributed by atoms with Gasteiger partial charge in [0.1, 0.15) is 30.0 Å². The lowest BCUT2D eigenvalue weighted by atomic mass is 9.90. The summed E-state index contributed by atoms with van der Waals surface area (Å²) in [4.78, 5) is 19.0. The van der Waals surface area contributed by atoms with Crippen molar-refractivity contribution in [2.24, 2.45) is 0 Å². The zero-order valence-electron chi connectivity index (χ0n) is 19.8. The minimum absolute atomic E-state index is 0.0291. The molecule has 0 spiro atoms. The SMILES string of the molecule is CC12CCCCN1c1cc(OCc3ccc(Oc4ccc(Cl)c(C(F)(F)F)c4)c(C#N)c3)nc(=O)n1C2. The first-order valence-electron chi connectivity index (χ1n) is 11.7. The van der Waals surface area contributed by atoms with E-state index in [-0.39, 0.29) is 40.8 Å². The van der Waals surface area contributed by atoms with Gasteiger partial charge in [-0.3, -0.25) is 4.57 Å². The molecule has 1 atom stereocenters. The first-order chi connectivity index (χ1) is 17.6. The van der Waals surface area contributed by atoms with E-state index in [1.165, 1.54) is 18.2 Å². The molecule has 7 nitrogen and oxygen atoms in total. The average molecular weight is 531 g/mol. The van der Waals surface area contributed by atoms with Crippen molar-refractivity contribution in [3.8, 4) is 23.4 Å². The van der Waals surface area contributed by atoms with Crippen molar-refractivity contribution < 1.29 is 22.6 Å². The van der Waals surface area contributed by atoms with Gasteiger partial charge in [-0.15, -0.1) is 0 Å². The molecule has 1 aromatic heterocycles. The zero-order chi connectivity index (χ0) is 26.4. The predicted molar refractivity (Wildman–Crippen MR) is 130 cm³/mol. The van der Waals surface area contributed by atoms with Crippen LogP contribution in [0.2, 0.25) is 5.02 Å². The summed E-state index contributed by atoms with van der Waals surface area (Å²) in [5.74, 6) is 0.954. The van der Waals surface area contributed by atoms with Gasteiger partial charge >= 0.3 is 11.9 Å². The second-order valence-corrected chi connectivity index (χ2v) is 9.81. The highest BCUT2D eigenvalue weighted by atomic mass is 35.5. The monoisotopic (exact) mass is 530 g/mol. The van der Waals surface area contributed by atoms with Crippen molar-refractivity contribution in [1.82, 2.24) is 9.55 Å². The van der Waals surface area contributed by atoms with Crippen LogP contribution < -0.4 is 20.1 Å². The number of ether oxygens (including phenoxy) is 2. The maximum absolute atomic E-state index is 13.2. The van der Waals surface area contributed by atoms with Gasteiger partial charge in [-0.05, 0) is 62.1 Å². The number of aromatic nitrogens is 2. The molecule has 2 aromatic carbocycles. The van der Waals surface area contributed by atoms with E-state index in [2.05, 4.69) is 16.8 Å². The normalized spacial score (nSPS) is 18.6. The number of halogens is 4. The fourth-order valence-electron chi connectivity index (χ4n) is 4.91. The lowest BCUT2D eigenvalue weighted by Gasteiger charge is -2.40. The van der Waals surface area contributed by atoms with Crippen LogP contribution in [0.1, 0.15) is 42.9 Å². The van der Waals surface area contributed by atoms with Crippen LogP contribution in [0.5, 0.6) is 17.4 Å². The number of anilines is 1. The Kier molecular flexibility index (Phi) is 6.28. The van der Waals surface area contributed by atoms with Crippen molar-refractivity contribution in [3.63, 3.8) is 0 Å². The van der Waals surface area contributed by atoms with Gasteiger partial charge in [0.15, 0.2) is 0 Å². The van der Waals surface area contributed by atoms with Crippen LogP contribution in [0.3, 0.4) is 0 Å². The van der Waals surface area contributed by atoms with Gasteiger partial charge in [0.2, 0.25) is 5.88 Å². The Morgan fingerprint density at radius 3 is 2.76 bits per heavy atom. The van der Waals surface area contributed by atoms with Gasteiger partial charge in [0.25, 0.3) is 0 Å². The van der Waals surface area contributed by atoms with Crippen molar-refractivity contribution >= 4 is 17.4 Å². The summed E-state index contributed by atoms with van der Waals surface area (Å²) in [7, 11) is 0. The molecule has 3 heterocycles. The maximum Gasteiger partial charge on any atom is 0.417 e. The van der Waals surface area contributed by atoms with E-state index in [0.717, 1.165) is 43.8 Å². The Morgan fingerprint density at radius 2 is 2.00 bits per heavy atom. The molecule has 0 N–H and O–H groups in total. The average Bonchev–Trinajstić information content (AvgIpc) is 3.16. The number of nitrogens with zero attached hydrogens (tertiary/aromatic N) is 4. The van der Waals surface area contributed by atoms with Crippen molar-refractivity contribution in [3.05, 3.63) is 74.7 Å². The van der Waals surface area contributed by atoms with Crippen molar-refractivity contribution in [2.45, 2.75) is 51.1 Å². The van der Waals surface area contributed by atoms with E-state index in [9.17, 15) is 23.2 Å². The van der Waals surface area contributed by atoms with Gasteiger partial charge in [0.05, 0.1) is 28.2 Å². The Labute approximate surface area is 215 Å². The second-order valence-electron chi connectivity index (χ2n) is 9.40. The summed E-state index contributed by atoms with van der Waals surface area (Å²) in [6, 6.07) is 11.5. The molecule has 0 amide bonds. The van der Waals surface area contributed by atoms with Crippen LogP contribution >= 0.6 is 11.6 Å². The van der Waals surface area contributed by atoms with Gasteiger partial charge in [-0.1, -0.05) is 17.7 Å². The molecule has 37 heavy (non-hydrogen) atoms. The van der Waals surface area contributed by atoms with E-state index in [0.29, 0.717) is 12.1 Å². The second kappa shape index (κ2) is 9.30. The Bertz CT molecular complexity index is 1470. The van der Waals surface area contributed by atoms with E-state index < -0.39 is 16.8 Å². The molecule has 1 fully saturated rings. The zero-order valence-corrected chi connectivity index (χ0v) is 20.6. The summed E-state index contributed by atoms with van der Waals surface area (Å²) >= 11 is 5.66. The number of nitriles is 1. The molecule has 0 radical (unpaired) electrons. The summed E-state index contributed by atoms with van der Waals surface area (Å²) in [6.07, 6.45) is -1.46. The van der Waals surface area contributed by atoms with Crippen LogP contribution in [0.4, 0.5) is 19.0 Å². The third-order valence-electron chi connectivity index (χ3n) is 6.76. The molecule has 1 unspecified atom stereocenters. The fourth-order valence-corrected chi connectivity index (χ4v) is 5.13. The highest BCUT2D eigenvalue weighted by Crippen LogP contribution is 2.40. The third-order valence-corrected chi connectivity index (χ3v) is 7.09. The molecule has 192 valence electrons. The fraction of sp³-hybridized carbons (Fsp3) is 0.346. The first kappa shape index (κ1) is 25.0. The topological polar surface area (TPSA) is 80.4 Å². The van der Waals surface area contributed by atoms with E-state index >= 15 is 0 Å². The van der Waals surface area contributed by atoms with Crippen molar-refractivity contribution in [1.29, 1.82) is 5.26 Å². The number of benzene rings is 2. The highest BCUT2D eigenvalue weighted by Gasteiger charge is 2.42. The molecular formula is C26H22ClF3N4O3. The van der Waals surface area contributed by atoms with Crippen LogP contribution in [0.15, 0.2) is 47.3 Å². The molecule has 3 aromatic rings. The summed E-state index contributed by atoms with van der Waals surface area (Å²) in [5.41, 5.74) is -0.798. The standard InChI is InChI=1S/C26H22ClF3N4O3/c1-25-8-2-3-9-34(25)23-12-22(32-24(35)33(23)15-25)36-14-16-4-7-21(17(10-16)13-31)37-18-5-6-20(27)19(11-18)26(28,29)30/h4-7,10-12H,2-3,8-9,14-15H2,1H3. The predicted octanol–water partition coefficient (Wildman–Crippen LogP) is 5.92. The third kappa shape index (κ3) is 4.83. The lowest BCUT2D eigenvalue weighted by molar-refractivity contribution is -0.137. The number of hydrogen-bond acceptors (Lipinski definition) is 6. The largest absolute Gasteiger partial charge is 0.473 e. The lowest BCUT2D eigenvalue weighted by Crippen LogP contribution is -2.47. The minimum atomic E-state index is -4.64. The van der Waals surface area contributed by atoms with Gasteiger partial charge in [0, 0.05) is 12.6 Å². The molecule has 5 rings (SSSR count). The number of rotatable bonds is 5. The number of alkyl halides is 3. The molecule has 2 aliphatic heterocycles. The Morgan fingerprint density at radius 1 is 1.19 bits per heavy atom. The van der Waals surface area contributed by atoms with E-state index in [1.807, 2.05) is 6.07 Å². The van der Waals surface area contributed by atoms with Gasteiger partial charge < -0.3 is 14.4 Å². The Balaban J connectivity index is 1.33. The summed E-state index contributed by atoms with van der Waals surface area (Å²) in [5, 5.41) is 9.13. The van der Waals surface area contributed by atoms with Gasteiger partial charge in [-0.25, -0.2) is 4.79 Å². The van der Waals surface area contributed by atoms with Crippen LogP contribution in [-0.2, 0) is 19.3 Å². The van der Waals surface area contributed by atoms with E-state index in [4.69, 9.17) is 21.1 Å². The minimum Gasteiger partial charge on any atom is -0.473 e. The Hall–Kier alpha value is -3.71.